The van der Waals surface area contributed by atoms with Crippen LogP contribution in [0, 0.1) is 23.1 Å². The smallest absolute Gasteiger partial charge is 0.147 e. The minimum atomic E-state index is -0.365. The maximum atomic E-state index is 13.5. The van der Waals surface area contributed by atoms with Crippen molar-refractivity contribution in [3.63, 3.8) is 0 Å². The highest BCUT2D eigenvalue weighted by Crippen LogP contribution is 2.32. The van der Waals surface area contributed by atoms with Crippen LogP contribution in [-0.4, -0.2) is 6.04 Å². The predicted octanol–water partition coefficient (Wildman–Crippen LogP) is 3.58. The van der Waals surface area contributed by atoms with Gasteiger partial charge >= 0.3 is 0 Å². The summed E-state index contributed by atoms with van der Waals surface area (Å²) in [7, 11) is 0. The van der Waals surface area contributed by atoms with E-state index in [9.17, 15) is 4.39 Å². The van der Waals surface area contributed by atoms with Crippen LogP contribution in [0.2, 0.25) is 5.02 Å². The molecule has 4 heteroatoms. The molecule has 0 aromatic heterocycles. The van der Waals surface area contributed by atoms with Crippen molar-refractivity contribution < 1.29 is 4.39 Å². The summed E-state index contributed by atoms with van der Waals surface area (Å²) >= 11 is 5.91. The highest BCUT2D eigenvalue weighted by molar-refractivity contribution is 6.33. The Morgan fingerprint density at radius 3 is 2.94 bits per heavy atom. The molecule has 2 rings (SSSR count). The molecule has 0 bridgehead atoms. The van der Waals surface area contributed by atoms with Gasteiger partial charge in [-0.3, -0.25) is 0 Å². The molecule has 1 N–H and O–H groups in total. The van der Waals surface area contributed by atoms with Gasteiger partial charge in [-0.05, 0) is 31.4 Å². The number of nitrogens with one attached hydrogen (secondary N) is 1. The van der Waals surface area contributed by atoms with E-state index in [1.807, 2.05) is 0 Å². The predicted molar refractivity (Wildman–Crippen MR) is 61.8 cm³/mol. The molecule has 0 heterocycles. The first-order chi connectivity index (χ1) is 7.72. The minimum absolute atomic E-state index is 0.0133. The third kappa shape index (κ3) is 2.12. The molecule has 1 aromatic rings. The highest BCUT2D eigenvalue weighted by Gasteiger charge is 2.28. The van der Waals surface area contributed by atoms with Crippen LogP contribution >= 0.6 is 11.6 Å². The molecule has 0 saturated heterocycles. The molecule has 16 heavy (non-hydrogen) atoms. The van der Waals surface area contributed by atoms with E-state index >= 15 is 0 Å². The summed E-state index contributed by atoms with van der Waals surface area (Å²) in [5.74, 6) is -0.410. The Bertz CT molecular complexity index is 407. The SMILES string of the molecule is N#CC1CCCC1Nc1c(F)cccc1Cl. The van der Waals surface area contributed by atoms with E-state index in [0.717, 1.165) is 19.3 Å². The van der Waals surface area contributed by atoms with E-state index in [0.29, 0.717) is 10.7 Å². The number of para-hydroxylation sites is 1. The van der Waals surface area contributed by atoms with E-state index in [-0.39, 0.29) is 17.8 Å². The molecule has 1 fully saturated rings. The van der Waals surface area contributed by atoms with Crippen LogP contribution in [0.3, 0.4) is 0 Å². The molecule has 2 atom stereocenters. The summed E-state index contributed by atoms with van der Waals surface area (Å²) in [6.45, 7) is 0. The second-order valence-electron chi connectivity index (χ2n) is 4.01. The third-order valence-electron chi connectivity index (χ3n) is 2.97. The van der Waals surface area contributed by atoms with Crippen molar-refractivity contribution in [3.05, 3.63) is 29.0 Å². The highest BCUT2D eigenvalue weighted by atomic mass is 35.5. The van der Waals surface area contributed by atoms with Crippen molar-refractivity contribution in [1.29, 1.82) is 5.26 Å². The van der Waals surface area contributed by atoms with Crippen molar-refractivity contribution in [2.45, 2.75) is 25.3 Å². The first kappa shape index (κ1) is 11.2. The van der Waals surface area contributed by atoms with Gasteiger partial charge in [0.05, 0.1) is 22.7 Å². The maximum absolute atomic E-state index is 13.5. The summed E-state index contributed by atoms with van der Waals surface area (Å²) in [6, 6.07) is 6.83. The van der Waals surface area contributed by atoms with Gasteiger partial charge in [0.15, 0.2) is 0 Å². The van der Waals surface area contributed by atoms with Crippen LogP contribution in [-0.2, 0) is 0 Å². The number of hydrogen-bond acceptors (Lipinski definition) is 2. The van der Waals surface area contributed by atoms with Crippen molar-refractivity contribution in [3.8, 4) is 6.07 Å². The number of benzene rings is 1. The largest absolute Gasteiger partial charge is 0.377 e. The number of halogens is 2. The molecule has 84 valence electrons. The fraction of sp³-hybridized carbons (Fsp3) is 0.417. The van der Waals surface area contributed by atoms with E-state index in [2.05, 4.69) is 11.4 Å². The fourth-order valence-electron chi connectivity index (χ4n) is 2.11. The second-order valence-corrected chi connectivity index (χ2v) is 4.42. The lowest BCUT2D eigenvalue weighted by Gasteiger charge is -2.18. The Kier molecular flexibility index (Phi) is 3.31. The number of anilines is 1. The summed E-state index contributed by atoms with van der Waals surface area (Å²) in [6.07, 6.45) is 2.77. The molecular weight excluding hydrogens is 227 g/mol. The lowest BCUT2D eigenvalue weighted by Crippen LogP contribution is -2.23. The van der Waals surface area contributed by atoms with Crippen LogP contribution in [0.5, 0.6) is 0 Å². The normalized spacial score (nSPS) is 24.1. The summed E-state index contributed by atoms with van der Waals surface area (Å²) in [4.78, 5) is 0. The Hall–Kier alpha value is -1.27. The Labute approximate surface area is 99.0 Å². The van der Waals surface area contributed by atoms with Crippen molar-refractivity contribution in [1.82, 2.24) is 0 Å². The standard InChI is InChI=1S/C12H12ClFN2/c13-9-4-2-5-10(14)12(9)16-11-6-1-3-8(11)7-15/h2,4-5,8,11,16H,1,3,6H2. The zero-order valence-corrected chi connectivity index (χ0v) is 9.47. The number of rotatable bonds is 2. The van der Waals surface area contributed by atoms with Gasteiger partial charge in [-0.25, -0.2) is 4.39 Å². The third-order valence-corrected chi connectivity index (χ3v) is 3.29. The molecule has 0 aliphatic heterocycles. The van der Waals surface area contributed by atoms with E-state index < -0.39 is 0 Å². The molecule has 1 aliphatic carbocycles. The first-order valence-electron chi connectivity index (χ1n) is 5.32. The molecule has 2 nitrogen and oxygen atoms in total. The lowest BCUT2D eigenvalue weighted by molar-refractivity contribution is 0.603. The van der Waals surface area contributed by atoms with E-state index in [1.54, 1.807) is 12.1 Å². The topological polar surface area (TPSA) is 35.8 Å². The van der Waals surface area contributed by atoms with Gasteiger partial charge in [-0.2, -0.15) is 5.26 Å². The first-order valence-corrected chi connectivity index (χ1v) is 5.70. The summed E-state index contributed by atoms with van der Waals surface area (Å²) < 4.78 is 13.5. The molecule has 1 aromatic carbocycles. The quantitative estimate of drug-likeness (QED) is 0.855. The Balaban J connectivity index is 2.18. The van der Waals surface area contributed by atoms with E-state index in [4.69, 9.17) is 16.9 Å². The van der Waals surface area contributed by atoms with Gasteiger partial charge in [0, 0.05) is 6.04 Å². The molecule has 2 unspecified atom stereocenters. The van der Waals surface area contributed by atoms with Crippen LogP contribution in [0.4, 0.5) is 10.1 Å². The van der Waals surface area contributed by atoms with Gasteiger partial charge in [0.2, 0.25) is 0 Å². The zero-order chi connectivity index (χ0) is 11.5. The minimum Gasteiger partial charge on any atom is -0.377 e. The number of nitrogens with zero attached hydrogens (tertiary/aromatic N) is 1. The van der Waals surface area contributed by atoms with Gasteiger partial charge in [-0.1, -0.05) is 17.7 Å². The number of nitriles is 1. The Morgan fingerprint density at radius 2 is 2.25 bits per heavy atom. The zero-order valence-electron chi connectivity index (χ0n) is 8.71. The molecular formula is C12H12ClFN2. The number of hydrogen-bond donors (Lipinski definition) is 1. The maximum Gasteiger partial charge on any atom is 0.147 e. The molecule has 1 aliphatic rings. The monoisotopic (exact) mass is 238 g/mol. The van der Waals surface area contributed by atoms with Crippen molar-refractivity contribution >= 4 is 17.3 Å². The van der Waals surface area contributed by atoms with Crippen LogP contribution in [0.15, 0.2) is 18.2 Å². The molecule has 0 radical (unpaired) electrons. The van der Waals surface area contributed by atoms with Crippen LogP contribution in [0.25, 0.3) is 0 Å². The summed E-state index contributed by atoms with van der Waals surface area (Å²) in [5, 5.41) is 12.3. The molecule has 1 saturated carbocycles. The lowest BCUT2D eigenvalue weighted by atomic mass is 10.1. The average molecular weight is 239 g/mol. The van der Waals surface area contributed by atoms with Gasteiger partial charge in [0.1, 0.15) is 5.82 Å². The molecule has 0 spiro atoms. The molecule has 0 amide bonds. The van der Waals surface area contributed by atoms with Crippen molar-refractivity contribution in [2.24, 2.45) is 5.92 Å². The Morgan fingerprint density at radius 1 is 1.44 bits per heavy atom. The second kappa shape index (κ2) is 4.71. The van der Waals surface area contributed by atoms with Crippen LogP contribution < -0.4 is 5.32 Å². The van der Waals surface area contributed by atoms with Gasteiger partial charge in [0.25, 0.3) is 0 Å². The average Bonchev–Trinajstić information content (AvgIpc) is 2.71. The van der Waals surface area contributed by atoms with Gasteiger partial charge < -0.3 is 5.32 Å². The van der Waals surface area contributed by atoms with E-state index in [1.165, 1.54) is 6.07 Å². The van der Waals surface area contributed by atoms with Crippen LogP contribution in [0.1, 0.15) is 19.3 Å². The van der Waals surface area contributed by atoms with Gasteiger partial charge in [-0.15, -0.1) is 0 Å². The van der Waals surface area contributed by atoms with Crippen molar-refractivity contribution in [2.75, 3.05) is 5.32 Å². The fourth-order valence-corrected chi connectivity index (χ4v) is 2.33. The summed E-state index contributed by atoms with van der Waals surface area (Å²) in [5.41, 5.74) is 0.316.